The first kappa shape index (κ1) is 19.8. The number of nitrogens with one attached hydrogen (secondary N) is 3. The fourth-order valence-electron chi connectivity index (χ4n) is 2.25. The van der Waals surface area contributed by atoms with Crippen molar-refractivity contribution in [3.8, 4) is 0 Å². The Kier molecular flexibility index (Phi) is 6.60. The number of hydrogen-bond acceptors (Lipinski definition) is 4. The molecule has 1 saturated carbocycles. The number of hydrogen-bond donors (Lipinski definition) is 3. The van der Waals surface area contributed by atoms with Gasteiger partial charge >= 0.3 is 6.09 Å². The van der Waals surface area contributed by atoms with Gasteiger partial charge in [-0.05, 0) is 51.3 Å². The van der Waals surface area contributed by atoms with Gasteiger partial charge in [0.2, 0.25) is 11.8 Å². The molecule has 3 N–H and O–H groups in total. The van der Waals surface area contributed by atoms with E-state index >= 15 is 0 Å². The van der Waals surface area contributed by atoms with Crippen LogP contribution in [-0.4, -0.2) is 30.1 Å². The summed E-state index contributed by atoms with van der Waals surface area (Å²) in [6, 6.07) is 7.33. The molecule has 7 heteroatoms. The Bertz CT molecular complexity index is 663. The lowest BCUT2D eigenvalue weighted by molar-refractivity contribution is -0.122. The minimum Gasteiger partial charge on any atom is -0.444 e. The smallest absolute Gasteiger partial charge is 0.407 e. The van der Waals surface area contributed by atoms with E-state index < -0.39 is 11.7 Å². The average molecular weight is 361 g/mol. The normalized spacial score (nSPS) is 13.7. The molecule has 1 aromatic carbocycles. The maximum atomic E-state index is 12.0. The summed E-state index contributed by atoms with van der Waals surface area (Å²) in [4.78, 5) is 35.2. The number of anilines is 1. The summed E-state index contributed by atoms with van der Waals surface area (Å²) < 4.78 is 5.10. The van der Waals surface area contributed by atoms with Gasteiger partial charge in [0.15, 0.2) is 0 Å². The van der Waals surface area contributed by atoms with Crippen LogP contribution < -0.4 is 16.0 Å². The topological polar surface area (TPSA) is 96.5 Å². The highest BCUT2D eigenvalue weighted by Crippen LogP contribution is 2.28. The Labute approximate surface area is 153 Å². The number of benzene rings is 1. The summed E-state index contributed by atoms with van der Waals surface area (Å²) in [5, 5.41) is 8.22. The molecular weight excluding hydrogens is 334 g/mol. The summed E-state index contributed by atoms with van der Waals surface area (Å²) in [5.74, 6) is 0.0586. The van der Waals surface area contributed by atoms with Crippen molar-refractivity contribution < 1.29 is 19.1 Å². The van der Waals surface area contributed by atoms with Crippen molar-refractivity contribution in [2.45, 2.75) is 52.2 Å². The largest absolute Gasteiger partial charge is 0.444 e. The number of carbonyl (C=O) groups excluding carboxylic acids is 3. The summed E-state index contributed by atoms with van der Waals surface area (Å²) in [7, 11) is 0. The molecule has 1 fully saturated rings. The van der Waals surface area contributed by atoms with Gasteiger partial charge in [-0.1, -0.05) is 12.1 Å². The van der Waals surface area contributed by atoms with Crippen molar-refractivity contribution in [2.24, 2.45) is 5.92 Å². The lowest BCUT2D eigenvalue weighted by Gasteiger charge is -2.19. The van der Waals surface area contributed by atoms with Crippen molar-refractivity contribution >= 4 is 23.6 Å². The van der Waals surface area contributed by atoms with Gasteiger partial charge in [0, 0.05) is 31.1 Å². The average Bonchev–Trinajstić information content (AvgIpc) is 3.36. The van der Waals surface area contributed by atoms with Gasteiger partial charge in [-0.3, -0.25) is 9.59 Å². The molecule has 2 rings (SSSR count). The Morgan fingerprint density at radius 1 is 1.15 bits per heavy atom. The lowest BCUT2D eigenvalue weighted by atomic mass is 10.2. The highest BCUT2D eigenvalue weighted by molar-refractivity contribution is 5.91. The number of rotatable bonds is 7. The van der Waals surface area contributed by atoms with Crippen LogP contribution in [0.2, 0.25) is 0 Å². The molecule has 1 aliphatic carbocycles. The third-order valence-electron chi connectivity index (χ3n) is 3.65. The quantitative estimate of drug-likeness (QED) is 0.695. The van der Waals surface area contributed by atoms with E-state index in [0.717, 1.165) is 18.4 Å². The van der Waals surface area contributed by atoms with Crippen LogP contribution >= 0.6 is 0 Å². The number of carbonyl (C=O) groups is 3. The SMILES string of the molecule is CC(C)(C)OC(=O)NCCC(=O)Nc1cccc(CNC(=O)C2CC2)c1. The molecule has 1 aliphatic rings. The van der Waals surface area contributed by atoms with E-state index in [4.69, 9.17) is 4.74 Å². The molecule has 3 amide bonds. The van der Waals surface area contributed by atoms with Crippen LogP contribution in [0.1, 0.15) is 45.6 Å². The van der Waals surface area contributed by atoms with E-state index in [1.165, 1.54) is 0 Å². The third kappa shape index (κ3) is 7.55. The van der Waals surface area contributed by atoms with Gasteiger partial charge in [-0.15, -0.1) is 0 Å². The molecule has 0 bridgehead atoms. The monoisotopic (exact) mass is 361 g/mol. The predicted molar refractivity (Wildman–Crippen MR) is 98.5 cm³/mol. The predicted octanol–water partition coefficient (Wildman–Crippen LogP) is 2.57. The standard InChI is InChI=1S/C19H27N3O4/c1-19(2,3)26-18(25)20-10-9-16(23)22-15-6-4-5-13(11-15)12-21-17(24)14-7-8-14/h4-6,11,14H,7-10,12H2,1-3H3,(H,20,25)(H,21,24)(H,22,23). The summed E-state index contributed by atoms with van der Waals surface area (Å²) in [6.45, 7) is 5.97. The number of ether oxygens (including phenoxy) is 1. The first-order chi connectivity index (χ1) is 12.2. The van der Waals surface area contributed by atoms with Crippen molar-refractivity contribution in [1.82, 2.24) is 10.6 Å². The molecule has 0 aromatic heterocycles. The van der Waals surface area contributed by atoms with E-state index in [9.17, 15) is 14.4 Å². The third-order valence-corrected chi connectivity index (χ3v) is 3.65. The molecule has 0 heterocycles. The minimum atomic E-state index is -0.568. The molecule has 0 unspecified atom stereocenters. The Morgan fingerprint density at radius 3 is 2.54 bits per heavy atom. The van der Waals surface area contributed by atoms with Crippen LogP contribution in [0, 0.1) is 5.92 Å². The molecular formula is C19H27N3O4. The maximum absolute atomic E-state index is 12.0. The lowest BCUT2D eigenvalue weighted by Crippen LogP contribution is -2.34. The molecule has 0 aliphatic heterocycles. The van der Waals surface area contributed by atoms with Crippen molar-refractivity contribution in [3.63, 3.8) is 0 Å². The Balaban J connectivity index is 1.71. The molecule has 0 saturated heterocycles. The first-order valence-electron chi connectivity index (χ1n) is 8.86. The van der Waals surface area contributed by atoms with Gasteiger partial charge in [0.05, 0.1) is 0 Å². The van der Waals surface area contributed by atoms with E-state index in [-0.39, 0.29) is 30.7 Å². The highest BCUT2D eigenvalue weighted by atomic mass is 16.6. The van der Waals surface area contributed by atoms with E-state index in [1.807, 2.05) is 18.2 Å². The van der Waals surface area contributed by atoms with Crippen LogP contribution in [-0.2, 0) is 20.9 Å². The molecule has 142 valence electrons. The molecule has 0 spiro atoms. The van der Waals surface area contributed by atoms with Crippen molar-refractivity contribution in [2.75, 3.05) is 11.9 Å². The summed E-state index contributed by atoms with van der Waals surface area (Å²) in [6.07, 6.45) is 1.54. The van der Waals surface area contributed by atoms with Gasteiger partial charge < -0.3 is 20.7 Å². The van der Waals surface area contributed by atoms with E-state index in [1.54, 1.807) is 26.8 Å². The first-order valence-corrected chi connectivity index (χ1v) is 8.86. The zero-order chi connectivity index (χ0) is 19.2. The van der Waals surface area contributed by atoms with E-state index in [2.05, 4.69) is 16.0 Å². The second-order valence-electron chi connectivity index (χ2n) is 7.42. The van der Waals surface area contributed by atoms with Crippen LogP contribution in [0.3, 0.4) is 0 Å². The number of alkyl carbamates (subject to hydrolysis) is 1. The van der Waals surface area contributed by atoms with Crippen molar-refractivity contribution in [1.29, 1.82) is 0 Å². The minimum absolute atomic E-state index is 0.0904. The van der Waals surface area contributed by atoms with Gasteiger partial charge in [-0.25, -0.2) is 4.79 Å². The fraction of sp³-hybridized carbons (Fsp3) is 0.526. The van der Waals surface area contributed by atoms with Crippen LogP contribution in [0.25, 0.3) is 0 Å². The zero-order valence-electron chi connectivity index (χ0n) is 15.6. The van der Waals surface area contributed by atoms with Crippen molar-refractivity contribution in [3.05, 3.63) is 29.8 Å². The second-order valence-corrected chi connectivity index (χ2v) is 7.42. The molecule has 0 atom stereocenters. The maximum Gasteiger partial charge on any atom is 0.407 e. The molecule has 7 nitrogen and oxygen atoms in total. The zero-order valence-corrected chi connectivity index (χ0v) is 15.6. The summed E-state index contributed by atoms with van der Waals surface area (Å²) >= 11 is 0. The Morgan fingerprint density at radius 2 is 1.88 bits per heavy atom. The van der Waals surface area contributed by atoms with E-state index in [0.29, 0.717) is 12.2 Å². The van der Waals surface area contributed by atoms with Gasteiger partial charge in [0.25, 0.3) is 0 Å². The van der Waals surface area contributed by atoms with Gasteiger partial charge in [-0.2, -0.15) is 0 Å². The molecule has 26 heavy (non-hydrogen) atoms. The Hall–Kier alpha value is -2.57. The second kappa shape index (κ2) is 8.69. The fourth-order valence-corrected chi connectivity index (χ4v) is 2.25. The molecule has 1 aromatic rings. The summed E-state index contributed by atoms with van der Waals surface area (Å²) in [5.41, 5.74) is 1.01. The van der Waals surface area contributed by atoms with Crippen LogP contribution in [0.4, 0.5) is 10.5 Å². The highest BCUT2D eigenvalue weighted by Gasteiger charge is 2.29. The van der Waals surface area contributed by atoms with Crippen LogP contribution in [0.15, 0.2) is 24.3 Å². The van der Waals surface area contributed by atoms with Gasteiger partial charge in [0.1, 0.15) is 5.60 Å². The molecule has 0 radical (unpaired) electrons. The van der Waals surface area contributed by atoms with Crippen LogP contribution in [0.5, 0.6) is 0 Å². The number of amides is 3.